The summed E-state index contributed by atoms with van der Waals surface area (Å²) in [5, 5.41) is 24.2. The Bertz CT molecular complexity index is 555. The van der Waals surface area contributed by atoms with Crippen LogP contribution in [0, 0.1) is 5.92 Å². The number of carbonyl (C=O) groups excluding carboxylic acids is 3. The van der Waals surface area contributed by atoms with E-state index in [1.807, 2.05) is 0 Å². The van der Waals surface area contributed by atoms with Crippen molar-refractivity contribution in [3.05, 3.63) is 0 Å². The second-order valence-electron chi connectivity index (χ2n) is 5.79. The van der Waals surface area contributed by atoms with Gasteiger partial charge in [0.25, 0.3) is 0 Å². The van der Waals surface area contributed by atoms with Gasteiger partial charge in [0, 0.05) is 5.75 Å². The number of carboxylic acid groups (broad SMARTS) is 2. The molecule has 0 aliphatic carbocycles. The zero-order valence-electron chi connectivity index (χ0n) is 14.4. The van der Waals surface area contributed by atoms with Gasteiger partial charge in [-0.1, -0.05) is 13.8 Å². The number of aliphatic carboxylic acids is 2. The Morgan fingerprint density at radius 2 is 1.62 bits per heavy atom. The molecule has 0 radical (unpaired) electrons. The van der Waals surface area contributed by atoms with Gasteiger partial charge in [-0.05, 0) is 5.92 Å². The van der Waals surface area contributed by atoms with Crippen molar-refractivity contribution in [2.45, 2.75) is 38.4 Å². The van der Waals surface area contributed by atoms with Crippen LogP contribution < -0.4 is 21.7 Å². The Morgan fingerprint density at radius 1 is 1.04 bits per heavy atom. The standard InChI is InChI=1S/C14H24N4O7S/c1-6(2)11(18-12(22)7(15)3-10(20)21)13(23)16-4-9(19)17-8(5-26)14(24)25/h6-8,11,26H,3-5,15H2,1-2H3,(H,16,23)(H,17,19)(H,18,22)(H,20,21)(H,24,25). The molecule has 0 spiro atoms. The monoisotopic (exact) mass is 392 g/mol. The summed E-state index contributed by atoms with van der Waals surface area (Å²) >= 11 is 3.79. The van der Waals surface area contributed by atoms with Gasteiger partial charge in [-0.25, -0.2) is 4.79 Å². The van der Waals surface area contributed by atoms with E-state index in [-0.39, 0.29) is 11.7 Å². The van der Waals surface area contributed by atoms with Crippen molar-refractivity contribution >= 4 is 42.3 Å². The van der Waals surface area contributed by atoms with Crippen LogP contribution in [-0.4, -0.2) is 70.3 Å². The smallest absolute Gasteiger partial charge is 0.327 e. The molecule has 11 nitrogen and oxygen atoms in total. The first-order valence-electron chi connectivity index (χ1n) is 7.68. The molecule has 0 rings (SSSR count). The first-order chi connectivity index (χ1) is 12.0. The van der Waals surface area contributed by atoms with Crippen molar-refractivity contribution in [1.82, 2.24) is 16.0 Å². The van der Waals surface area contributed by atoms with Crippen molar-refractivity contribution < 1.29 is 34.2 Å². The zero-order chi connectivity index (χ0) is 20.4. The van der Waals surface area contributed by atoms with Crippen LogP contribution >= 0.6 is 12.6 Å². The van der Waals surface area contributed by atoms with Crippen molar-refractivity contribution in [2.24, 2.45) is 11.7 Å². The predicted octanol–water partition coefficient (Wildman–Crippen LogP) is -2.46. The molecule has 0 aromatic carbocycles. The second-order valence-corrected chi connectivity index (χ2v) is 6.16. The molecule has 0 aromatic rings. The van der Waals surface area contributed by atoms with Crippen molar-refractivity contribution in [2.75, 3.05) is 12.3 Å². The summed E-state index contributed by atoms with van der Waals surface area (Å²) in [7, 11) is 0. The number of carbonyl (C=O) groups is 5. The largest absolute Gasteiger partial charge is 0.481 e. The molecular weight excluding hydrogens is 368 g/mol. The average molecular weight is 392 g/mol. The van der Waals surface area contributed by atoms with Gasteiger partial charge in [0.1, 0.15) is 12.1 Å². The highest BCUT2D eigenvalue weighted by molar-refractivity contribution is 7.80. The van der Waals surface area contributed by atoms with Crippen molar-refractivity contribution in [3.8, 4) is 0 Å². The normalized spacial score (nSPS) is 14.0. The molecular formula is C14H24N4O7S. The van der Waals surface area contributed by atoms with Gasteiger partial charge in [-0.3, -0.25) is 19.2 Å². The molecule has 7 N–H and O–H groups in total. The first kappa shape index (κ1) is 23.7. The Hall–Kier alpha value is -2.34. The summed E-state index contributed by atoms with van der Waals surface area (Å²) in [4.78, 5) is 57.1. The van der Waals surface area contributed by atoms with Crippen molar-refractivity contribution in [1.29, 1.82) is 0 Å². The van der Waals surface area contributed by atoms with E-state index in [4.69, 9.17) is 15.9 Å². The Balaban J connectivity index is 4.69. The molecule has 0 saturated carbocycles. The molecule has 0 aliphatic rings. The van der Waals surface area contributed by atoms with E-state index < -0.39 is 60.8 Å². The fourth-order valence-electron chi connectivity index (χ4n) is 1.78. The number of nitrogens with two attached hydrogens (primary N) is 1. The van der Waals surface area contributed by atoms with Gasteiger partial charge >= 0.3 is 11.9 Å². The van der Waals surface area contributed by atoms with Gasteiger partial charge in [0.15, 0.2) is 0 Å². The average Bonchev–Trinajstić information content (AvgIpc) is 2.53. The first-order valence-corrected chi connectivity index (χ1v) is 8.31. The van der Waals surface area contributed by atoms with E-state index in [0.29, 0.717) is 0 Å². The summed E-state index contributed by atoms with van der Waals surface area (Å²) in [6.45, 7) is 2.76. The minimum absolute atomic E-state index is 0.124. The number of nitrogens with one attached hydrogen (secondary N) is 3. The van der Waals surface area contributed by atoms with E-state index >= 15 is 0 Å². The lowest BCUT2D eigenvalue weighted by Gasteiger charge is -2.23. The van der Waals surface area contributed by atoms with Crippen LogP contribution in [-0.2, 0) is 24.0 Å². The molecule has 3 unspecified atom stereocenters. The number of hydrogen-bond donors (Lipinski definition) is 7. The molecule has 26 heavy (non-hydrogen) atoms. The molecule has 3 atom stereocenters. The topological polar surface area (TPSA) is 188 Å². The highest BCUT2D eigenvalue weighted by Crippen LogP contribution is 2.03. The van der Waals surface area contributed by atoms with Crippen LogP contribution in [0.25, 0.3) is 0 Å². The number of amides is 3. The molecule has 0 bridgehead atoms. The highest BCUT2D eigenvalue weighted by Gasteiger charge is 2.28. The fraction of sp³-hybridized carbons (Fsp3) is 0.643. The van der Waals surface area contributed by atoms with Gasteiger partial charge in [0.2, 0.25) is 17.7 Å². The van der Waals surface area contributed by atoms with Crippen LogP contribution in [0.3, 0.4) is 0 Å². The molecule has 148 valence electrons. The van der Waals surface area contributed by atoms with E-state index in [1.54, 1.807) is 13.8 Å². The van der Waals surface area contributed by atoms with Crippen LogP contribution in [0.2, 0.25) is 0 Å². The quantitative estimate of drug-likeness (QED) is 0.189. The third-order valence-electron chi connectivity index (χ3n) is 3.22. The summed E-state index contributed by atoms with van der Waals surface area (Å²) in [5.74, 6) is -5.26. The lowest BCUT2D eigenvalue weighted by molar-refractivity contribution is -0.141. The summed E-state index contributed by atoms with van der Waals surface area (Å²) in [6, 6.07) is -3.57. The maximum absolute atomic E-state index is 12.2. The van der Waals surface area contributed by atoms with Crippen LogP contribution in [0.15, 0.2) is 0 Å². The van der Waals surface area contributed by atoms with Crippen LogP contribution in [0.1, 0.15) is 20.3 Å². The number of carboxylic acids is 2. The predicted molar refractivity (Wildman–Crippen MR) is 93.4 cm³/mol. The Morgan fingerprint density at radius 3 is 2.04 bits per heavy atom. The Labute approximate surface area is 155 Å². The third-order valence-corrected chi connectivity index (χ3v) is 3.58. The SMILES string of the molecule is CC(C)C(NC(=O)C(N)CC(=O)O)C(=O)NCC(=O)NC(CS)C(=O)O. The number of hydrogen-bond acceptors (Lipinski definition) is 7. The van der Waals surface area contributed by atoms with E-state index in [0.717, 1.165) is 0 Å². The minimum atomic E-state index is -1.32. The van der Waals surface area contributed by atoms with Crippen molar-refractivity contribution in [3.63, 3.8) is 0 Å². The molecule has 0 heterocycles. The van der Waals surface area contributed by atoms with Gasteiger partial charge in [-0.15, -0.1) is 0 Å². The second kappa shape index (κ2) is 11.3. The lowest BCUT2D eigenvalue weighted by Crippen LogP contribution is -2.55. The van der Waals surface area contributed by atoms with Gasteiger partial charge < -0.3 is 31.9 Å². The molecule has 0 aliphatic heterocycles. The zero-order valence-corrected chi connectivity index (χ0v) is 15.3. The summed E-state index contributed by atoms with van der Waals surface area (Å²) < 4.78 is 0. The maximum atomic E-state index is 12.2. The van der Waals surface area contributed by atoms with E-state index in [9.17, 15) is 24.0 Å². The number of thiol groups is 1. The summed E-state index contributed by atoms with van der Waals surface area (Å²) in [6.07, 6.45) is -0.596. The van der Waals surface area contributed by atoms with E-state index in [2.05, 4.69) is 28.6 Å². The van der Waals surface area contributed by atoms with E-state index in [1.165, 1.54) is 0 Å². The lowest BCUT2D eigenvalue weighted by atomic mass is 10.0. The maximum Gasteiger partial charge on any atom is 0.327 e. The highest BCUT2D eigenvalue weighted by atomic mass is 32.1. The number of rotatable bonds is 11. The Kier molecular flexibility index (Phi) is 10.3. The molecule has 0 aromatic heterocycles. The minimum Gasteiger partial charge on any atom is -0.481 e. The molecule has 3 amide bonds. The fourth-order valence-corrected chi connectivity index (χ4v) is 2.03. The molecule has 12 heteroatoms. The van der Waals surface area contributed by atoms with Crippen LogP contribution in [0.4, 0.5) is 0 Å². The van der Waals surface area contributed by atoms with Gasteiger partial charge in [-0.2, -0.15) is 12.6 Å². The third kappa shape index (κ3) is 8.67. The molecule has 0 fully saturated rings. The molecule has 0 saturated heterocycles. The summed E-state index contributed by atoms with van der Waals surface area (Å²) in [5.41, 5.74) is 5.44. The van der Waals surface area contributed by atoms with Gasteiger partial charge in [0.05, 0.1) is 19.0 Å². The van der Waals surface area contributed by atoms with Crippen LogP contribution in [0.5, 0.6) is 0 Å².